The lowest BCUT2D eigenvalue weighted by Crippen LogP contribution is -2.41. The number of hydrogen-bond acceptors (Lipinski definition) is 4. The third-order valence-corrected chi connectivity index (χ3v) is 3.42. The molecule has 130 valence electrons. The highest BCUT2D eigenvalue weighted by atomic mass is 16.5. The van der Waals surface area contributed by atoms with E-state index in [-0.39, 0.29) is 17.8 Å². The van der Waals surface area contributed by atoms with Gasteiger partial charge in [-0.15, -0.1) is 5.10 Å². The van der Waals surface area contributed by atoms with Crippen LogP contribution in [-0.2, 0) is 13.6 Å². The normalized spacial score (nSPS) is 10.7. The van der Waals surface area contributed by atoms with Crippen LogP contribution in [0.25, 0.3) is 11.4 Å². The van der Waals surface area contributed by atoms with Gasteiger partial charge in [0, 0.05) is 25.2 Å². The third-order valence-electron chi connectivity index (χ3n) is 3.42. The number of carbonyl (C=O) groups is 1. The van der Waals surface area contributed by atoms with Crippen molar-refractivity contribution in [2.24, 2.45) is 7.05 Å². The minimum Gasteiger partial charge on any atom is -0.497 e. The molecule has 1 heterocycles. The summed E-state index contributed by atoms with van der Waals surface area (Å²) < 4.78 is 7.95. The van der Waals surface area contributed by atoms with E-state index in [4.69, 9.17) is 4.74 Å². The van der Waals surface area contributed by atoms with Crippen LogP contribution in [0.1, 0.15) is 13.8 Å². The molecule has 0 bridgehead atoms. The van der Waals surface area contributed by atoms with Gasteiger partial charge in [0.2, 0.25) is 0 Å². The van der Waals surface area contributed by atoms with Gasteiger partial charge in [-0.05, 0) is 38.1 Å². The van der Waals surface area contributed by atoms with Crippen LogP contribution in [0.15, 0.2) is 29.1 Å². The first-order valence-electron chi connectivity index (χ1n) is 7.75. The molecule has 0 saturated carbocycles. The number of nitrogens with zero attached hydrogens (tertiary/aromatic N) is 3. The Morgan fingerprint density at radius 2 is 1.96 bits per heavy atom. The Morgan fingerprint density at radius 3 is 2.54 bits per heavy atom. The van der Waals surface area contributed by atoms with Crippen molar-refractivity contribution in [1.29, 1.82) is 0 Å². The van der Waals surface area contributed by atoms with E-state index in [1.54, 1.807) is 14.2 Å². The van der Waals surface area contributed by atoms with Crippen LogP contribution in [0, 0.1) is 0 Å². The van der Waals surface area contributed by atoms with Crippen molar-refractivity contribution >= 4 is 6.03 Å². The molecule has 2 rings (SSSR count). The second-order valence-electron chi connectivity index (χ2n) is 5.67. The summed E-state index contributed by atoms with van der Waals surface area (Å²) >= 11 is 0. The Kier molecular flexibility index (Phi) is 5.62. The van der Waals surface area contributed by atoms with Crippen LogP contribution in [0.3, 0.4) is 0 Å². The van der Waals surface area contributed by atoms with Crippen LogP contribution in [-0.4, -0.2) is 40.1 Å². The Labute approximate surface area is 140 Å². The van der Waals surface area contributed by atoms with Crippen LogP contribution in [0.2, 0.25) is 0 Å². The van der Waals surface area contributed by atoms with Crippen molar-refractivity contribution in [2.75, 3.05) is 13.7 Å². The number of aromatic nitrogens is 3. The molecular formula is C16H23N5O3. The van der Waals surface area contributed by atoms with Crippen molar-refractivity contribution in [2.45, 2.75) is 26.4 Å². The zero-order chi connectivity index (χ0) is 17.7. The van der Waals surface area contributed by atoms with E-state index in [9.17, 15) is 9.59 Å². The van der Waals surface area contributed by atoms with Crippen molar-refractivity contribution in [3.8, 4) is 17.1 Å². The van der Waals surface area contributed by atoms with E-state index in [0.29, 0.717) is 18.9 Å². The number of rotatable bonds is 6. The minimum atomic E-state index is -0.260. The highest BCUT2D eigenvalue weighted by molar-refractivity contribution is 5.74. The van der Waals surface area contributed by atoms with E-state index in [1.807, 2.05) is 38.1 Å². The molecule has 0 radical (unpaired) electrons. The van der Waals surface area contributed by atoms with Crippen LogP contribution >= 0.6 is 0 Å². The first kappa shape index (κ1) is 17.6. The molecule has 0 atom stereocenters. The quantitative estimate of drug-likeness (QED) is 0.824. The summed E-state index contributed by atoms with van der Waals surface area (Å²) in [6.45, 7) is 4.37. The van der Waals surface area contributed by atoms with Gasteiger partial charge in [0.05, 0.1) is 13.7 Å². The number of carbonyl (C=O) groups excluding carboxylic acids is 1. The van der Waals surface area contributed by atoms with Gasteiger partial charge in [-0.2, -0.15) is 0 Å². The lowest BCUT2D eigenvalue weighted by atomic mass is 10.2. The second kappa shape index (κ2) is 7.67. The molecule has 0 fully saturated rings. The molecule has 1 aromatic heterocycles. The summed E-state index contributed by atoms with van der Waals surface area (Å²) in [6.07, 6.45) is 0. The predicted molar refractivity (Wildman–Crippen MR) is 91.1 cm³/mol. The van der Waals surface area contributed by atoms with Gasteiger partial charge < -0.3 is 15.4 Å². The van der Waals surface area contributed by atoms with Crippen molar-refractivity contribution in [3.05, 3.63) is 34.7 Å². The molecule has 0 aliphatic rings. The standard InChI is InChI=1S/C16H23N5O3/c1-11(2)18-15(22)17-9-10-21-16(23)20(3)14(19-21)12-5-7-13(24-4)8-6-12/h5-8,11H,9-10H2,1-4H3,(H2,17,18,22). The molecule has 0 saturated heterocycles. The Bertz CT molecular complexity index is 746. The highest BCUT2D eigenvalue weighted by Gasteiger charge is 2.12. The number of nitrogens with one attached hydrogen (secondary N) is 2. The molecule has 8 nitrogen and oxygen atoms in total. The van der Waals surface area contributed by atoms with Gasteiger partial charge in [-0.3, -0.25) is 4.57 Å². The molecule has 0 aliphatic heterocycles. The molecule has 2 N–H and O–H groups in total. The fourth-order valence-electron chi connectivity index (χ4n) is 2.21. The maximum Gasteiger partial charge on any atom is 0.345 e. The zero-order valence-electron chi connectivity index (χ0n) is 14.4. The SMILES string of the molecule is COc1ccc(-c2nn(CCNC(=O)NC(C)C)c(=O)n2C)cc1. The van der Waals surface area contributed by atoms with Gasteiger partial charge in [0.15, 0.2) is 5.82 Å². The highest BCUT2D eigenvalue weighted by Crippen LogP contribution is 2.19. The van der Waals surface area contributed by atoms with E-state index in [1.165, 1.54) is 9.25 Å². The van der Waals surface area contributed by atoms with Gasteiger partial charge in [0.1, 0.15) is 5.75 Å². The van der Waals surface area contributed by atoms with Gasteiger partial charge in [0.25, 0.3) is 0 Å². The Morgan fingerprint density at radius 1 is 1.29 bits per heavy atom. The smallest absolute Gasteiger partial charge is 0.345 e. The largest absolute Gasteiger partial charge is 0.497 e. The second-order valence-corrected chi connectivity index (χ2v) is 5.67. The molecule has 24 heavy (non-hydrogen) atoms. The number of urea groups is 1. The Balaban J connectivity index is 2.07. The van der Waals surface area contributed by atoms with Gasteiger partial charge in [-0.1, -0.05) is 0 Å². The first-order chi connectivity index (χ1) is 11.4. The van der Waals surface area contributed by atoms with Crippen molar-refractivity contribution in [3.63, 3.8) is 0 Å². The molecule has 8 heteroatoms. The van der Waals surface area contributed by atoms with Crippen LogP contribution < -0.4 is 21.1 Å². The van der Waals surface area contributed by atoms with E-state index >= 15 is 0 Å². The predicted octanol–water partition coefficient (Wildman–Crippen LogP) is 0.965. The summed E-state index contributed by atoms with van der Waals surface area (Å²) in [6, 6.07) is 7.12. The van der Waals surface area contributed by atoms with Gasteiger partial charge in [-0.25, -0.2) is 14.3 Å². The molecule has 0 aliphatic carbocycles. The summed E-state index contributed by atoms with van der Waals surface area (Å²) in [5.74, 6) is 1.30. The van der Waals surface area contributed by atoms with Crippen molar-refractivity contribution in [1.82, 2.24) is 25.0 Å². The third kappa shape index (κ3) is 4.15. The fourth-order valence-corrected chi connectivity index (χ4v) is 2.21. The maximum absolute atomic E-state index is 12.2. The molecule has 0 unspecified atom stereocenters. The van der Waals surface area contributed by atoms with Crippen LogP contribution in [0.4, 0.5) is 4.79 Å². The average molecular weight is 333 g/mol. The topological polar surface area (TPSA) is 90.2 Å². The molecule has 2 amide bonds. The molecule has 1 aromatic carbocycles. The summed E-state index contributed by atoms with van der Waals surface area (Å²) in [5, 5.41) is 9.77. The van der Waals surface area contributed by atoms with E-state index in [0.717, 1.165) is 11.3 Å². The molecule has 0 spiro atoms. The van der Waals surface area contributed by atoms with Crippen molar-refractivity contribution < 1.29 is 9.53 Å². The summed E-state index contributed by atoms with van der Waals surface area (Å²) in [7, 11) is 3.27. The maximum atomic E-state index is 12.2. The molecule has 2 aromatic rings. The fraction of sp³-hybridized carbons (Fsp3) is 0.438. The van der Waals surface area contributed by atoms with Crippen LogP contribution in [0.5, 0.6) is 5.75 Å². The Hall–Kier alpha value is -2.77. The lowest BCUT2D eigenvalue weighted by Gasteiger charge is -2.09. The number of amides is 2. The molecular weight excluding hydrogens is 310 g/mol. The van der Waals surface area contributed by atoms with E-state index in [2.05, 4.69) is 15.7 Å². The number of hydrogen-bond donors (Lipinski definition) is 2. The lowest BCUT2D eigenvalue weighted by molar-refractivity contribution is 0.238. The zero-order valence-corrected chi connectivity index (χ0v) is 14.4. The first-order valence-corrected chi connectivity index (χ1v) is 7.75. The number of methoxy groups -OCH3 is 1. The minimum absolute atomic E-state index is 0.0595. The van der Waals surface area contributed by atoms with E-state index < -0.39 is 0 Å². The number of benzene rings is 1. The summed E-state index contributed by atoms with van der Waals surface area (Å²) in [5.41, 5.74) is 0.589. The monoisotopic (exact) mass is 333 g/mol. The summed E-state index contributed by atoms with van der Waals surface area (Å²) in [4.78, 5) is 23.8. The average Bonchev–Trinajstić information content (AvgIpc) is 2.83. The number of ether oxygens (including phenoxy) is 1. The van der Waals surface area contributed by atoms with Gasteiger partial charge >= 0.3 is 11.7 Å².